The zero-order valence-corrected chi connectivity index (χ0v) is 14.0. The number of pyridine rings is 1. The van der Waals surface area contributed by atoms with Gasteiger partial charge < -0.3 is 14.9 Å². The molecule has 0 radical (unpaired) electrons. The molecule has 1 saturated heterocycles. The van der Waals surface area contributed by atoms with Gasteiger partial charge in [0.15, 0.2) is 0 Å². The molecule has 1 aliphatic heterocycles. The molecule has 1 unspecified atom stereocenters. The standard InChI is InChI=1S/C18H23N3O4/c22-14(11-20-7-9-21(10-8-20)12-18(23)24)13-25-17-5-1-4-16-15(17)3-2-6-19-16/h1-6,14,22H,7-13H2,(H,23,24). The summed E-state index contributed by atoms with van der Waals surface area (Å²) >= 11 is 0. The van der Waals surface area contributed by atoms with Crippen molar-refractivity contribution in [2.75, 3.05) is 45.9 Å². The Labute approximate surface area is 146 Å². The van der Waals surface area contributed by atoms with E-state index in [1.54, 1.807) is 6.20 Å². The summed E-state index contributed by atoms with van der Waals surface area (Å²) in [5.74, 6) is -0.0811. The van der Waals surface area contributed by atoms with E-state index in [2.05, 4.69) is 9.88 Å². The fraction of sp³-hybridized carbons (Fsp3) is 0.444. The van der Waals surface area contributed by atoms with Crippen molar-refractivity contribution in [3.63, 3.8) is 0 Å². The second-order valence-corrected chi connectivity index (χ2v) is 6.26. The van der Waals surface area contributed by atoms with Gasteiger partial charge in [-0.2, -0.15) is 0 Å². The summed E-state index contributed by atoms with van der Waals surface area (Å²) in [5, 5.41) is 20.0. The molecule has 25 heavy (non-hydrogen) atoms. The van der Waals surface area contributed by atoms with Crippen LogP contribution < -0.4 is 4.74 Å². The minimum absolute atomic E-state index is 0.0780. The van der Waals surface area contributed by atoms with Crippen molar-refractivity contribution in [1.82, 2.24) is 14.8 Å². The van der Waals surface area contributed by atoms with Crippen LogP contribution in [0.15, 0.2) is 36.5 Å². The summed E-state index contributed by atoms with van der Waals surface area (Å²) in [5.41, 5.74) is 0.865. The van der Waals surface area contributed by atoms with Gasteiger partial charge in [0.25, 0.3) is 0 Å². The molecule has 2 N–H and O–H groups in total. The minimum Gasteiger partial charge on any atom is -0.490 e. The maximum Gasteiger partial charge on any atom is 0.317 e. The number of fused-ring (bicyclic) bond motifs is 1. The number of carboxylic acid groups (broad SMARTS) is 1. The first kappa shape index (κ1) is 17.6. The lowest BCUT2D eigenvalue weighted by molar-refractivity contribution is -0.138. The molecule has 1 aromatic carbocycles. The van der Waals surface area contributed by atoms with Crippen LogP contribution in [0.5, 0.6) is 5.75 Å². The molecule has 7 heteroatoms. The van der Waals surface area contributed by atoms with Gasteiger partial charge in [0.2, 0.25) is 0 Å². The van der Waals surface area contributed by atoms with E-state index in [4.69, 9.17) is 9.84 Å². The zero-order chi connectivity index (χ0) is 17.6. The number of hydrogen-bond acceptors (Lipinski definition) is 6. The number of aromatic nitrogens is 1. The van der Waals surface area contributed by atoms with Crippen LogP contribution in [-0.4, -0.2) is 82.9 Å². The van der Waals surface area contributed by atoms with Gasteiger partial charge in [-0.15, -0.1) is 0 Å². The van der Waals surface area contributed by atoms with Gasteiger partial charge in [-0.25, -0.2) is 0 Å². The number of hydrogen-bond donors (Lipinski definition) is 2. The van der Waals surface area contributed by atoms with Crippen LogP contribution in [0.25, 0.3) is 10.9 Å². The fourth-order valence-electron chi connectivity index (χ4n) is 3.06. The van der Waals surface area contributed by atoms with Crippen LogP contribution in [0.2, 0.25) is 0 Å². The topological polar surface area (TPSA) is 86.1 Å². The van der Waals surface area contributed by atoms with Crippen LogP contribution in [0, 0.1) is 0 Å². The number of aliphatic hydroxyl groups excluding tert-OH is 1. The third kappa shape index (κ3) is 4.88. The first-order chi connectivity index (χ1) is 12.1. The summed E-state index contributed by atoms with van der Waals surface area (Å²) in [7, 11) is 0. The Kier molecular flexibility index (Phi) is 5.80. The summed E-state index contributed by atoms with van der Waals surface area (Å²) in [6.45, 7) is 3.72. The lowest BCUT2D eigenvalue weighted by Gasteiger charge is -2.34. The number of carbonyl (C=O) groups is 1. The van der Waals surface area contributed by atoms with E-state index in [1.807, 2.05) is 35.2 Å². The van der Waals surface area contributed by atoms with Crippen LogP contribution in [0.4, 0.5) is 0 Å². The maximum absolute atomic E-state index is 10.7. The monoisotopic (exact) mass is 345 g/mol. The number of piperazine rings is 1. The zero-order valence-electron chi connectivity index (χ0n) is 14.0. The van der Waals surface area contributed by atoms with E-state index in [-0.39, 0.29) is 13.2 Å². The van der Waals surface area contributed by atoms with Crippen molar-refractivity contribution in [3.05, 3.63) is 36.5 Å². The molecule has 0 amide bonds. The van der Waals surface area contributed by atoms with Crippen molar-refractivity contribution < 1.29 is 19.7 Å². The molecule has 1 aliphatic rings. The Bertz CT molecular complexity index is 711. The van der Waals surface area contributed by atoms with Crippen molar-refractivity contribution in [3.8, 4) is 5.75 Å². The molecule has 134 valence electrons. The van der Waals surface area contributed by atoms with E-state index >= 15 is 0 Å². The Morgan fingerprint density at radius 2 is 1.92 bits per heavy atom. The van der Waals surface area contributed by atoms with Gasteiger partial charge in [0.05, 0.1) is 12.1 Å². The van der Waals surface area contributed by atoms with Crippen molar-refractivity contribution >= 4 is 16.9 Å². The summed E-state index contributed by atoms with van der Waals surface area (Å²) in [4.78, 5) is 19.1. The molecular formula is C18H23N3O4. The van der Waals surface area contributed by atoms with Crippen molar-refractivity contribution in [1.29, 1.82) is 0 Å². The second kappa shape index (κ2) is 8.24. The smallest absolute Gasteiger partial charge is 0.317 e. The average molecular weight is 345 g/mol. The second-order valence-electron chi connectivity index (χ2n) is 6.26. The van der Waals surface area contributed by atoms with E-state index in [0.717, 1.165) is 29.7 Å². The van der Waals surface area contributed by atoms with Gasteiger partial charge in [0.1, 0.15) is 18.5 Å². The summed E-state index contributed by atoms with van der Waals surface area (Å²) in [6.07, 6.45) is 1.14. The van der Waals surface area contributed by atoms with Crippen LogP contribution in [0.3, 0.4) is 0 Å². The highest BCUT2D eigenvalue weighted by Crippen LogP contribution is 2.23. The van der Waals surface area contributed by atoms with E-state index in [1.165, 1.54) is 0 Å². The fourth-order valence-corrected chi connectivity index (χ4v) is 3.06. The lowest BCUT2D eigenvalue weighted by Crippen LogP contribution is -2.50. The Hall–Kier alpha value is -2.22. The predicted molar refractivity (Wildman–Crippen MR) is 93.8 cm³/mol. The number of nitrogens with zero attached hydrogens (tertiary/aromatic N) is 3. The number of rotatable bonds is 7. The highest BCUT2D eigenvalue weighted by Gasteiger charge is 2.20. The number of benzene rings is 1. The maximum atomic E-state index is 10.7. The number of aliphatic hydroxyl groups is 1. The van der Waals surface area contributed by atoms with Crippen LogP contribution in [0.1, 0.15) is 0 Å². The number of ether oxygens (including phenoxy) is 1. The molecule has 1 atom stereocenters. The molecule has 0 spiro atoms. The first-order valence-corrected chi connectivity index (χ1v) is 8.43. The molecule has 7 nitrogen and oxygen atoms in total. The van der Waals surface area contributed by atoms with Gasteiger partial charge >= 0.3 is 5.97 Å². The number of carboxylic acids is 1. The van der Waals surface area contributed by atoms with Gasteiger partial charge in [0, 0.05) is 44.3 Å². The quantitative estimate of drug-likeness (QED) is 0.763. The molecule has 2 aromatic rings. The van der Waals surface area contributed by atoms with Crippen LogP contribution >= 0.6 is 0 Å². The van der Waals surface area contributed by atoms with Gasteiger partial charge in [-0.05, 0) is 24.3 Å². The Balaban J connectivity index is 1.47. The number of β-amino-alcohol motifs (C(OH)–C–C–N with tert-alkyl or cyclic N) is 1. The highest BCUT2D eigenvalue weighted by molar-refractivity contribution is 5.84. The van der Waals surface area contributed by atoms with Crippen LogP contribution in [-0.2, 0) is 4.79 Å². The molecule has 0 saturated carbocycles. The Morgan fingerprint density at radius 3 is 2.68 bits per heavy atom. The van der Waals surface area contributed by atoms with Gasteiger partial charge in [-0.1, -0.05) is 6.07 Å². The molecule has 1 fully saturated rings. The van der Waals surface area contributed by atoms with Gasteiger partial charge in [-0.3, -0.25) is 19.6 Å². The highest BCUT2D eigenvalue weighted by atomic mass is 16.5. The largest absolute Gasteiger partial charge is 0.490 e. The van der Waals surface area contributed by atoms with E-state index in [9.17, 15) is 9.90 Å². The lowest BCUT2D eigenvalue weighted by atomic mass is 10.2. The summed E-state index contributed by atoms with van der Waals surface area (Å²) in [6, 6.07) is 9.50. The molecule has 1 aromatic heterocycles. The van der Waals surface area contributed by atoms with E-state index < -0.39 is 12.1 Å². The SMILES string of the molecule is O=C(O)CN1CCN(CC(O)COc2cccc3ncccc23)CC1. The Morgan fingerprint density at radius 1 is 1.16 bits per heavy atom. The molecule has 0 aliphatic carbocycles. The third-order valence-electron chi connectivity index (χ3n) is 4.33. The number of aliphatic carboxylic acids is 1. The third-order valence-corrected chi connectivity index (χ3v) is 4.33. The molecular weight excluding hydrogens is 322 g/mol. The van der Waals surface area contributed by atoms with E-state index in [0.29, 0.717) is 19.6 Å². The normalized spacial score (nSPS) is 17.5. The average Bonchev–Trinajstić information content (AvgIpc) is 2.61. The first-order valence-electron chi connectivity index (χ1n) is 8.43. The van der Waals surface area contributed by atoms with Crippen molar-refractivity contribution in [2.24, 2.45) is 0 Å². The molecule has 0 bridgehead atoms. The predicted octanol–water partition coefficient (Wildman–Crippen LogP) is 0.677. The summed E-state index contributed by atoms with van der Waals surface area (Å²) < 4.78 is 5.79. The minimum atomic E-state index is -0.800. The molecule has 2 heterocycles. The molecule has 3 rings (SSSR count). The van der Waals surface area contributed by atoms with Crippen molar-refractivity contribution in [2.45, 2.75) is 6.10 Å².